The number of rotatable bonds is 3. The fraction of sp³-hybridized carbons (Fsp3) is 0.267. The largest absolute Gasteiger partial charge is 0.489 e. The molecule has 2 heterocycles. The van der Waals surface area contributed by atoms with E-state index in [0.29, 0.717) is 5.82 Å². The van der Waals surface area contributed by atoms with Crippen molar-refractivity contribution < 1.29 is 4.74 Å². The minimum Gasteiger partial charge on any atom is -0.489 e. The number of ether oxygens (including phenoxy) is 1. The Morgan fingerprint density at radius 1 is 1.37 bits per heavy atom. The van der Waals surface area contributed by atoms with Crippen LogP contribution in [0.4, 0.5) is 5.82 Å². The number of hydrogen-bond acceptors (Lipinski definition) is 4. The van der Waals surface area contributed by atoms with Gasteiger partial charge in [0.25, 0.3) is 0 Å². The Morgan fingerprint density at radius 3 is 3.05 bits per heavy atom. The third-order valence-electron chi connectivity index (χ3n) is 3.15. The highest BCUT2D eigenvalue weighted by atomic mass is 32.2. The molecule has 3 nitrogen and oxygen atoms in total. The third kappa shape index (κ3) is 2.84. The van der Waals surface area contributed by atoms with Gasteiger partial charge in [-0.25, -0.2) is 4.98 Å². The number of hydrogen-bond donors (Lipinski definition) is 1. The number of nitrogens with zero attached hydrogens (tertiary/aromatic N) is 1. The van der Waals surface area contributed by atoms with Crippen LogP contribution in [0.15, 0.2) is 41.4 Å². The van der Waals surface area contributed by atoms with Gasteiger partial charge in [-0.15, -0.1) is 11.8 Å². The first-order valence-corrected chi connectivity index (χ1v) is 7.30. The zero-order valence-electron chi connectivity index (χ0n) is 10.8. The van der Waals surface area contributed by atoms with Gasteiger partial charge in [-0.3, -0.25) is 0 Å². The number of fused-ring (bicyclic) bond motifs is 1. The van der Waals surface area contributed by atoms with Gasteiger partial charge < -0.3 is 10.5 Å². The Hall–Kier alpha value is -1.68. The summed E-state index contributed by atoms with van der Waals surface area (Å²) in [6.07, 6.45) is 3.05. The Bertz CT molecular complexity index is 583. The Morgan fingerprint density at radius 2 is 2.26 bits per heavy atom. The third-order valence-corrected chi connectivity index (χ3v) is 4.27. The van der Waals surface area contributed by atoms with Crippen LogP contribution in [-0.2, 0) is 6.42 Å². The molecule has 98 valence electrons. The summed E-state index contributed by atoms with van der Waals surface area (Å²) in [7, 11) is 0. The lowest BCUT2D eigenvalue weighted by atomic mass is 10.1. The molecule has 0 saturated heterocycles. The fourth-order valence-electron chi connectivity index (χ4n) is 2.21. The molecule has 0 bridgehead atoms. The second kappa shape index (κ2) is 5.13. The first-order valence-electron chi connectivity index (χ1n) is 6.31. The zero-order chi connectivity index (χ0) is 13.2. The van der Waals surface area contributed by atoms with Gasteiger partial charge in [-0.1, -0.05) is 17.7 Å². The van der Waals surface area contributed by atoms with Gasteiger partial charge in [0.05, 0.1) is 0 Å². The molecule has 0 spiro atoms. The summed E-state index contributed by atoms with van der Waals surface area (Å²) >= 11 is 1.76. The molecule has 0 fully saturated rings. The molecule has 2 N–H and O–H groups in total. The Balaban J connectivity index is 1.60. The standard InChI is InChI=1S/C15H16N2OS/c1-10-2-4-14-11(6-10)7-12(18-14)9-19-13-3-5-15(16)17-8-13/h2-6,8,12H,7,9H2,1H3,(H2,16,17). The summed E-state index contributed by atoms with van der Waals surface area (Å²) in [6, 6.07) is 10.2. The molecule has 4 heteroatoms. The molecule has 1 aromatic heterocycles. The summed E-state index contributed by atoms with van der Waals surface area (Å²) in [5.74, 6) is 2.52. The maximum absolute atomic E-state index is 5.94. The maximum Gasteiger partial charge on any atom is 0.123 e. The smallest absolute Gasteiger partial charge is 0.123 e. The Kier molecular flexibility index (Phi) is 3.34. The average molecular weight is 272 g/mol. The molecule has 0 aliphatic carbocycles. The number of benzene rings is 1. The summed E-state index contributed by atoms with van der Waals surface area (Å²) in [4.78, 5) is 5.22. The molecule has 1 aliphatic heterocycles. The van der Waals surface area contributed by atoms with Crippen molar-refractivity contribution in [1.29, 1.82) is 0 Å². The molecule has 19 heavy (non-hydrogen) atoms. The quantitative estimate of drug-likeness (QED) is 0.872. The minimum atomic E-state index is 0.249. The molecular weight excluding hydrogens is 256 g/mol. The first-order chi connectivity index (χ1) is 9.20. The van der Waals surface area contributed by atoms with Crippen molar-refractivity contribution >= 4 is 17.6 Å². The predicted octanol–water partition coefficient (Wildman–Crippen LogP) is 3.07. The van der Waals surface area contributed by atoms with Crippen LogP contribution < -0.4 is 10.5 Å². The van der Waals surface area contributed by atoms with E-state index < -0.39 is 0 Å². The van der Waals surface area contributed by atoms with E-state index >= 15 is 0 Å². The molecule has 0 radical (unpaired) electrons. The van der Waals surface area contributed by atoms with Gasteiger partial charge >= 0.3 is 0 Å². The Labute approximate surface area is 117 Å². The van der Waals surface area contributed by atoms with Gasteiger partial charge in [0.15, 0.2) is 0 Å². The van der Waals surface area contributed by atoms with Gasteiger partial charge in [-0.2, -0.15) is 0 Å². The predicted molar refractivity (Wildman–Crippen MR) is 78.7 cm³/mol. The maximum atomic E-state index is 5.94. The second-order valence-electron chi connectivity index (χ2n) is 4.78. The van der Waals surface area contributed by atoms with Crippen molar-refractivity contribution in [2.24, 2.45) is 0 Å². The van der Waals surface area contributed by atoms with Crippen molar-refractivity contribution in [3.8, 4) is 5.75 Å². The normalized spacial score (nSPS) is 17.0. The minimum absolute atomic E-state index is 0.249. The molecule has 1 aromatic carbocycles. The number of aryl methyl sites for hydroxylation is 1. The zero-order valence-corrected chi connectivity index (χ0v) is 11.6. The second-order valence-corrected chi connectivity index (χ2v) is 5.88. The number of anilines is 1. The van der Waals surface area contributed by atoms with Crippen molar-refractivity contribution in [2.45, 2.75) is 24.3 Å². The molecule has 1 atom stereocenters. The number of thioether (sulfide) groups is 1. The lowest BCUT2D eigenvalue weighted by molar-refractivity contribution is 0.259. The van der Waals surface area contributed by atoms with Crippen LogP contribution in [0.3, 0.4) is 0 Å². The van der Waals surface area contributed by atoms with E-state index in [2.05, 4.69) is 30.1 Å². The highest BCUT2D eigenvalue weighted by Crippen LogP contribution is 2.32. The van der Waals surface area contributed by atoms with E-state index in [1.807, 2.05) is 18.3 Å². The van der Waals surface area contributed by atoms with Gasteiger partial charge in [0.1, 0.15) is 17.7 Å². The summed E-state index contributed by atoms with van der Waals surface area (Å²) in [5, 5.41) is 0. The van der Waals surface area contributed by atoms with Crippen molar-refractivity contribution in [1.82, 2.24) is 4.98 Å². The van der Waals surface area contributed by atoms with E-state index in [0.717, 1.165) is 22.8 Å². The van der Waals surface area contributed by atoms with E-state index in [1.165, 1.54) is 11.1 Å². The van der Waals surface area contributed by atoms with Crippen LogP contribution >= 0.6 is 11.8 Å². The molecule has 1 aliphatic rings. The van der Waals surface area contributed by atoms with E-state index in [4.69, 9.17) is 10.5 Å². The summed E-state index contributed by atoms with van der Waals surface area (Å²) in [5.41, 5.74) is 8.18. The molecule has 1 unspecified atom stereocenters. The van der Waals surface area contributed by atoms with E-state index in [9.17, 15) is 0 Å². The molecule has 3 rings (SSSR count). The topological polar surface area (TPSA) is 48.1 Å². The molecular formula is C15H16N2OS. The van der Waals surface area contributed by atoms with Gasteiger partial charge in [0, 0.05) is 23.3 Å². The van der Waals surface area contributed by atoms with Crippen LogP contribution in [0.25, 0.3) is 0 Å². The fourth-order valence-corrected chi connectivity index (χ4v) is 3.06. The summed E-state index contributed by atoms with van der Waals surface area (Å²) < 4.78 is 5.94. The molecule has 2 aromatic rings. The highest BCUT2D eigenvalue weighted by molar-refractivity contribution is 7.99. The molecule has 0 saturated carbocycles. The average Bonchev–Trinajstić information content (AvgIpc) is 2.80. The van der Waals surface area contributed by atoms with Crippen LogP contribution in [0.1, 0.15) is 11.1 Å². The lowest BCUT2D eigenvalue weighted by Crippen LogP contribution is -2.15. The van der Waals surface area contributed by atoms with Crippen LogP contribution in [0.5, 0.6) is 5.75 Å². The lowest BCUT2D eigenvalue weighted by Gasteiger charge is -2.09. The van der Waals surface area contributed by atoms with E-state index in [-0.39, 0.29) is 6.10 Å². The monoisotopic (exact) mass is 272 g/mol. The number of aromatic nitrogens is 1. The first kappa shape index (κ1) is 12.4. The van der Waals surface area contributed by atoms with Crippen molar-refractivity contribution in [2.75, 3.05) is 11.5 Å². The number of nitrogen functional groups attached to an aromatic ring is 1. The molecule has 0 amide bonds. The SMILES string of the molecule is Cc1ccc2c(c1)CC(CSc1ccc(N)nc1)O2. The number of nitrogens with two attached hydrogens (primary N) is 1. The number of pyridine rings is 1. The van der Waals surface area contributed by atoms with Crippen molar-refractivity contribution in [3.63, 3.8) is 0 Å². The van der Waals surface area contributed by atoms with Crippen LogP contribution in [-0.4, -0.2) is 16.8 Å². The highest BCUT2D eigenvalue weighted by Gasteiger charge is 2.22. The van der Waals surface area contributed by atoms with Crippen LogP contribution in [0, 0.1) is 6.92 Å². The van der Waals surface area contributed by atoms with Gasteiger partial charge in [0.2, 0.25) is 0 Å². The van der Waals surface area contributed by atoms with Crippen LogP contribution in [0.2, 0.25) is 0 Å². The summed E-state index contributed by atoms with van der Waals surface area (Å²) in [6.45, 7) is 2.11. The van der Waals surface area contributed by atoms with Gasteiger partial charge in [-0.05, 0) is 30.7 Å². The van der Waals surface area contributed by atoms with E-state index in [1.54, 1.807) is 11.8 Å². The van der Waals surface area contributed by atoms with Crippen molar-refractivity contribution in [3.05, 3.63) is 47.7 Å².